The molecule has 0 saturated heterocycles. The molecule has 1 aromatic heterocycles. The number of rotatable bonds is 3. The number of anilines is 2. The van der Waals surface area contributed by atoms with Gasteiger partial charge in [-0.25, -0.2) is 9.36 Å². The highest BCUT2D eigenvalue weighted by Crippen LogP contribution is 2.21. The number of amides is 1. The maximum atomic E-state index is 12.7. The van der Waals surface area contributed by atoms with Crippen molar-refractivity contribution in [1.29, 1.82) is 0 Å². The van der Waals surface area contributed by atoms with Gasteiger partial charge in [0.15, 0.2) is 0 Å². The van der Waals surface area contributed by atoms with Gasteiger partial charge in [-0.1, -0.05) is 41.9 Å². The molecule has 8 heteroatoms. The minimum Gasteiger partial charge on any atom is -0.384 e. The Bertz CT molecular complexity index is 1100. The summed E-state index contributed by atoms with van der Waals surface area (Å²) in [5.74, 6) is -0.991. The molecule has 0 aliphatic rings. The Balaban J connectivity index is 2.18. The van der Waals surface area contributed by atoms with E-state index in [0.29, 0.717) is 16.4 Å². The van der Waals surface area contributed by atoms with E-state index in [2.05, 4.69) is 5.32 Å². The highest BCUT2D eigenvalue weighted by atomic mass is 35.5. The van der Waals surface area contributed by atoms with Crippen LogP contribution in [0.4, 0.5) is 11.5 Å². The first-order valence-electron chi connectivity index (χ1n) is 7.64. The van der Waals surface area contributed by atoms with E-state index in [4.69, 9.17) is 17.3 Å². The number of hydrogen-bond acceptors (Lipinski definition) is 4. The number of para-hydroxylation sites is 2. The van der Waals surface area contributed by atoms with E-state index in [0.717, 1.165) is 9.13 Å². The molecule has 0 atom stereocenters. The highest BCUT2D eigenvalue weighted by Gasteiger charge is 2.22. The summed E-state index contributed by atoms with van der Waals surface area (Å²) in [6.45, 7) is 0. The Morgan fingerprint density at radius 1 is 1.04 bits per heavy atom. The van der Waals surface area contributed by atoms with Crippen molar-refractivity contribution < 1.29 is 4.79 Å². The molecule has 1 heterocycles. The predicted octanol–water partition coefficient (Wildman–Crippen LogP) is 2.02. The Labute approximate surface area is 153 Å². The molecule has 7 nitrogen and oxygen atoms in total. The lowest BCUT2D eigenvalue weighted by Gasteiger charge is -2.15. The molecule has 0 aliphatic heterocycles. The summed E-state index contributed by atoms with van der Waals surface area (Å²) in [7, 11) is 1.29. The zero-order valence-electron chi connectivity index (χ0n) is 13.8. The van der Waals surface area contributed by atoms with Crippen LogP contribution in [0.3, 0.4) is 0 Å². The van der Waals surface area contributed by atoms with Gasteiger partial charge in [-0.2, -0.15) is 0 Å². The molecule has 0 aliphatic carbocycles. The Kier molecular flexibility index (Phi) is 4.64. The van der Waals surface area contributed by atoms with Crippen LogP contribution in [0.15, 0.2) is 64.2 Å². The first-order chi connectivity index (χ1) is 12.4. The van der Waals surface area contributed by atoms with Crippen molar-refractivity contribution in [3.05, 3.63) is 86.0 Å². The number of hydrogen-bond donors (Lipinski definition) is 2. The maximum Gasteiger partial charge on any atom is 0.336 e. The molecule has 1 amide bonds. The van der Waals surface area contributed by atoms with Gasteiger partial charge >= 0.3 is 5.69 Å². The van der Waals surface area contributed by atoms with Gasteiger partial charge in [-0.3, -0.25) is 14.2 Å². The first kappa shape index (κ1) is 17.5. The Morgan fingerprint density at radius 3 is 2.31 bits per heavy atom. The van der Waals surface area contributed by atoms with Crippen LogP contribution >= 0.6 is 11.6 Å². The van der Waals surface area contributed by atoms with Crippen LogP contribution < -0.4 is 22.3 Å². The molecular weight excluding hydrogens is 356 g/mol. The van der Waals surface area contributed by atoms with Crippen molar-refractivity contribution >= 4 is 29.0 Å². The molecule has 0 fully saturated rings. The molecule has 0 radical (unpaired) electrons. The second-order valence-corrected chi connectivity index (χ2v) is 5.92. The van der Waals surface area contributed by atoms with E-state index in [9.17, 15) is 14.4 Å². The summed E-state index contributed by atoms with van der Waals surface area (Å²) in [6, 6.07) is 15.1. The average Bonchev–Trinajstić information content (AvgIpc) is 2.63. The molecule has 0 bridgehead atoms. The van der Waals surface area contributed by atoms with E-state index >= 15 is 0 Å². The second-order valence-electron chi connectivity index (χ2n) is 5.51. The minimum atomic E-state index is -0.788. The molecular formula is C18H15ClN4O3. The fourth-order valence-corrected chi connectivity index (χ4v) is 2.70. The van der Waals surface area contributed by atoms with Gasteiger partial charge in [-0.05, 0) is 24.3 Å². The fraction of sp³-hybridized carbons (Fsp3) is 0.0556. The second kappa shape index (κ2) is 6.89. The molecule has 3 aromatic rings. The lowest BCUT2D eigenvalue weighted by atomic mass is 10.2. The first-order valence-corrected chi connectivity index (χ1v) is 8.02. The summed E-state index contributed by atoms with van der Waals surface area (Å²) < 4.78 is 1.95. The van der Waals surface area contributed by atoms with Crippen LogP contribution in [0.1, 0.15) is 10.4 Å². The van der Waals surface area contributed by atoms with E-state index < -0.39 is 17.2 Å². The third-order valence-corrected chi connectivity index (χ3v) is 4.19. The topological polar surface area (TPSA) is 99.1 Å². The number of carbonyl (C=O) groups is 1. The number of aromatic nitrogens is 2. The molecule has 0 spiro atoms. The molecule has 3 N–H and O–H groups in total. The van der Waals surface area contributed by atoms with Crippen molar-refractivity contribution in [2.75, 3.05) is 11.1 Å². The third-order valence-electron chi connectivity index (χ3n) is 3.86. The standard InChI is InChI=1S/C18H15ClN4O3/c1-22-17(25)14(16(24)21-13-10-6-5-9-12(13)19)15(20)23(18(22)26)11-7-3-2-4-8-11/h2-10H,20H2,1H3,(H,21,24). The lowest BCUT2D eigenvalue weighted by Crippen LogP contribution is -2.43. The van der Waals surface area contributed by atoms with Crippen molar-refractivity contribution in [3.63, 3.8) is 0 Å². The summed E-state index contributed by atoms with van der Waals surface area (Å²) in [5.41, 5.74) is 5.04. The van der Waals surface area contributed by atoms with Crippen LogP contribution in [-0.4, -0.2) is 15.0 Å². The number of carbonyl (C=O) groups excluding carboxylic acids is 1. The monoisotopic (exact) mass is 370 g/mol. The number of nitrogen functional groups attached to an aromatic ring is 1. The van der Waals surface area contributed by atoms with E-state index in [-0.39, 0.29) is 11.4 Å². The molecule has 132 valence electrons. The SMILES string of the molecule is Cn1c(=O)c(C(=O)Nc2ccccc2Cl)c(N)n(-c2ccccc2)c1=O. The summed E-state index contributed by atoms with van der Waals surface area (Å²) >= 11 is 6.03. The van der Waals surface area contributed by atoms with Crippen molar-refractivity contribution in [2.24, 2.45) is 7.05 Å². The van der Waals surface area contributed by atoms with Crippen LogP contribution in [0.5, 0.6) is 0 Å². The van der Waals surface area contributed by atoms with Crippen LogP contribution in [0.2, 0.25) is 5.02 Å². The zero-order valence-corrected chi connectivity index (χ0v) is 14.5. The predicted molar refractivity (Wildman–Crippen MR) is 101 cm³/mol. The smallest absolute Gasteiger partial charge is 0.336 e. The van der Waals surface area contributed by atoms with Crippen molar-refractivity contribution in [2.45, 2.75) is 0 Å². The average molecular weight is 371 g/mol. The highest BCUT2D eigenvalue weighted by molar-refractivity contribution is 6.34. The molecule has 0 unspecified atom stereocenters. The minimum absolute atomic E-state index is 0.242. The van der Waals surface area contributed by atoms with Gasteiger partial charge in [0, 0.05) is 7.05 Å². The summed E-state index contributed by atoms with van der Waals surface area (Å²) in [5, 5.41) is 2.87. The number of nitrogens with one attached hydrogen (secondary N) is 1. The van der Waals surface area contributed by atoms with Crippen LogP contribution in [-0.2, 0) is 7.05 Å². The molecule has 26 heavy (non-hydrogen) atoms. The number of benzene rings is 2. The van der Waals surface area contributed by atoms with Crippen LogP contribution in [0.25, 0.3) is 5.69 Å². The third kappa shape index (κ3) is 3.00. The number of nitrogens with zero attached hydrogens (tertiary/aromatic N) is 2. The van der Waals surface area contributed by atoms with E-state index in [1.807, 2.05) is 0 Å². The summed E-state index contributed by atoms with van der Waals surface area (Å²) in [6.07, 6.45) is 0. The zero-order chi connectivity index (χ0) is 18.8. The number of halogens is 1. The molecule has 2 aromatic carbocycles. The fourth-order valence-electron chi connectivity index (χ4n) is 2.52. The van der Waals surface area contributed by atoms with Crippen LogP contribution in [0, 0.1) is 0 Å². The Morgan fingerprint density at radius 2 is 1.65 bits per heavy atom. The normalized spacial score (nSPS) is 10.5. The van der Waals surface area contributed by atoms with E-state index in [1.54, 1.807) is 54.6 Å². The molecule has 0 saturated carbocycles. The van der Waals surface area contributed by atoms with Gasteiger partial charge in [0.25, 0.3) is 11.5 Å². The quantitative estimate of drug-likeness (QED) is 0.736. The van der Waals surface area contributed by atoms with Gasteiger partial charge in [0.1, 0.15) is 11.4 Å². The molecule has 3 rings (SSSR count). The maximum absolute atomic E-state index is 12.7. The van der Waals surface area contributed by atoms with E-state index in [1.165, 1.54) is 7.05 Å². The van der Waals surface area contributed by atoms with Gasteiger partial charge in [-0.15, -0.1) is 0 Å². The van der Waals surface area contributed by atoms with Gasteiger partial charge in [0.2, 0.25) is 0 Å². The van der Waals surface area contributed by atoms with Crippen molar-refractivity contribution in [3.8, 4) is 5.69 Å². The van der Waals surface area contributed by atoms with Gasteiger partial charge in [0.05, 0.1) is 16.4 Å². The van der Waals surface area contributed by atoms with Crippen molar-refractivity contribution in [1.82, 2.24) is 9.13 Å². The Hall–Kier alpha value is -3.32. The summed E-state index contributed by atoms with van der Waals surface area (Å²) in [4.78, 5) is 37.7. The largest absolute Gasteiger partial charge is 0.384 e. The number of nitrogens with two attached hydrogens (primary N) is 1. The lowest BCUT2D eigenvalue weighted by molar-refractivity contribution is 0.102. The van der Waals surface area contributed by atoms with Gasteiger partial charge < -0.3 is 11.1 Å².